The lowest BCUT2D eigenvalue weighted by atomic mass is 10.0. The van der Waals surface area contributed by atoms with Gasteiger partial charge in [-0.2, -0.15) is 0 Å². The Morgan fingerprint density at radius 1 is 1.26 bits per heavy atom. The first-order chi connectivity index (χ1) is 9.31. The van der Waals surface area contributed by atoms with Gasteiger partial charge in [-0.05, 0) is 43.7 Å². The van der Waals surface area contributed by atoms with Gasteiger partial charge in [0.05, 0.1) is 0 Å². The molecule has 0 spiro atoms. The molecule has 0 aromatic carbocycles. The summed E-state index contributed by atoms with van der Waals surface area (Å²) in [4.78, 5) is 18.6. The fraction of sp³-hybridized carbons (Fsp3) is 0.600. The summed E-state index contributed by atoms with van der Waals surface area (Å²) >= 11 is 0. The molecule has 0 atom stereocenters. The molecule has 2 heterocycles. The second kappa shape index (κ2) is 5.70. The zero-order valence-corrected chi connectivity index (χ0v) is 11.2. The molecular formula is C15H21N3O. The lowest BCUT2D eigenvalue weighted by molar-refractivity contribution is 0.0904. The van der Waals surface area contributed by atoms with Crippen LogP contribution >= 0.6 is 0 Å². The highest BCUT2D eigenvalue weighted by molar-refractivity contribution is 5.92. The van der Waals surface area contributed by atoms with Crippen LogP contribution in [0.25, 0.3) is 0 Å². The number of pyridine rings is 1. The predicted molar refractivity (Wildman–Crippen MR) is 73.9 cm³/mol. The fourth-order valence-corrected chi connectivity index (χ4v) is 2.68. The smallest absolute Gasteiger partial charge is 0.270 e. The zero-order chi connectivity index (χ0) is 13.1. The molecule has 0 radical (unpaired) electrons. The van der Waals surface area contributed by atoms with Gasteiger partial charge in [-0.3, -0.25) is 9.78 Å². The summed E-state index contributed by atoms with van der Waals surface area (Å²) in [6, 6.07) is 5.75. The summed E-state index contributed by atoms with van der Waals surface area (Å²) in [6.45, 7) is 3.49. The molecule has 1 aromatic rings. The van der Waals surface area contributed by atoms with Gasteiger partial charge in [-0.1, -0.05) is 6.07 Å². The number of carbonyl (C=O) groups excluding carboxylic acids is 1. The minimum atomic E-state index is -0.0405. The maximum atomic E-state index is 12.0. The number of hydrogen-bond acceptors (Lipinski definition) is 3. The first-order valence-electron chi connectivity index (χ1n) is 7.25. The van der Waals surface area contributed by atoms with Crippen molar-refractivity contribution in [3.63, 3.8) is 0 Å². The zero-order valence-electron chi connectivity index (χ0n) is 11.2. The highest BCUT2D eigenvalue weighted by atomic mass is 16.1. The number of carbonyl (C=O) groups is 1. The Morgan fingerprint density at radius 2 is 2.05 bits per heavy atom. The van der Waals surface area contributed by atoms with Gasteiger partial charge in [0, 0.05) is 31.9 Å². The Labute approximate surface area is 114 Å². The van der Waals surface area contributed by atoms with E-state index in [0.29, 0.717) is 11.7 Å². The molecule has 4 heteroatoms. The molecule has 0 unspecified atom stereocenters. The second-order valence-electron chi connectivity index (χ2n) is 5.71. The topological polar surface area (TPSA) is 45.2 Å². The van der Waals surface area contributed by atoms with Crippen molar-refractivity contribution in [1.82, 2.24) is 15.2 Å². The van der Waals surface area contributed by atoms with Crippen molar-refractivity contribution >= 4 is 5.91 Å². The standard InChI is InChI=1S/C15H21N3O/c19-15(14-3-1-2-8-16-14)17-13-6-9-18(10-7-13)11-12-4-5-12/h1-3,8,12-13H,4-7,9-11H2,(H,17,19). The SMILES string of the molecule is O=C(NC1CCN(CC2CC2)CC1)c1ccccn1. The molecule has 2 fully saturated rings. The van der Waals surface area contributed by atoms with Gasteiger partial charge in [0.1, 0.15) is 5.69 Å². The van der Waals surface area contributed by atoms with Gasteiger partial charge in [0.15, 0.2) is 0 Å². The number of hydrogen-bond donors (Lipinski definition) is 1. The molecule has 4 nitrogen and oxygen atoms in total. The highest BCUT2D eigenvalue weighted by Gasteiger charge is 2.27. The Bertz CT molecular complexity index is 422. The summed E-state index contributed by atoms with van der Waals surface area (Å²) in [5.41, 5.74) is 0.517. The van der Waals surface area contributed by atoms with Crippen molar-refractivity contribution < 1.29 is 4.79 Å². The predicted octanol–water partition coefficient (Wildman–Crippen LogP) is 1.69. The molecule has 3 rings (SSSR count). The maximum absolute atomic E-state index is 12.0. The van der Waals surface area contributed by atoms with Gasteiger partial charge in [0.2, 0.25) is 0 Å². The molecule has 1 N–H and O–H groups in total. The fourth-order valence-electron chi connectivity index (χ4n) is 2.68. The first-order valence-corrected chi connectivity index (χ1v) is 7.25. The van der Waals surface area contributed by atoms with Crippen LogP contribution in [-0.4, -0.2) is 41.5 Å². The van der Waals surface area contributed by atoms with Gasteiger partial charge in [0.25, 0.3) is 5.91 Å². The van der Waals surface area contributed by atoms with E-state index in [1.165, 1.54) is 19.4 Å². The molecule has 102 valence electrons. The van der Waals surface area contributed by atoms with Crippen LogP contribution in [0.2, 0.25) is 0 Å². The molecule has 1 aromatic heterocycles. The van der Waals surface area contributed by atoms with E-state index in [1.54, 1.807) is 12.3 Å². The molecule has 1 aliphatic heterocycles. The van der Waals surface area contributed by atoms with Crippen LogP contribution in [0, 0.1) is 5.92 Å². The summed E-state index contributed by atoms with van der Waals surface area (Å²) in [6.07, 6.45) is 6.61. The summed E-state index contributed by atoms with van der Waals surface area (Å²) < 4.78 is 0. The van der Waals surface area contributed by atoms with E-state index in [0.717, 1.165) is 31.8 Å². The van der Waals surface area contributed by atoms with Crippen molar-refractivity contribution in [1.29, 1.82) is 0 Å². The quantitative estimate of drug-likeness (QED) is 0.895. The third-order valence-electron chi connectivity index (χ3n) is 4.03. The van der Waals surface area contributed by atoms with Crippen molar-refractivity contribution in [2.75, 3.05) is 19.6 Å². The molecule has 1 saturated carbocycles. The number of piperidine rings is 1. The van der Waals surface area contributed by atoms with E-state index < -0.39 is 0 Å². The molecule has 2 aliphatic rings. The third-order valence-corrected chi connectivity index (χ3v) is 4.03. The summed E-state index contributed by atoms with van der Waals surface area (Å²) in [7, 11) is 0. The molecule has 1 saturated heterocycles. The number of likely N-dealkylation sites (tertiary alicyclic amines) is 1. The van der Waals surface area contributed by atoms with Crippen molar-refractivity contribution in [3.05, 3.63) is 30.1 Å². The van der Waals surface area contributed by atoms with Crippen LogP contribution < -0.4 is 5.32 Å². The number of nitrogens with zero attached hydrogens (tertiary/aromatic N) is 2. The number of aromatic nitrogens is 1. The largest absolute Gasteiger partial charge is 0.348 e. The monoisotopic (exact) mass is 259 g/mol. The van der Waals surface area contributed by atoms with Crippen molar-refractivity contribution in [2.45, 2.75) is 31.7 Å². The van der Waals surface area contributed by atoms with Crippen LogP contribution in [0.15, 0.2) is 24.4 Å². The average molecular weight is 259 g/mol. The summed E-state index contributed by atoms with van der Waals surface area (Å²) in [5.74, 6) is 0.918. The number of rotatable bonds is 4. The van der Waals surface area contributed by atoms with Crippen LogP contribution in [0.3, 0.4) is 0 Å². The van der Waals surface area contributed by atoms with Gasteiger partial charge in [-0.25, -0.2) is 0 Å². The van der Waals surface area contributed by atoms with Crippen molar-refractivity contribution in [2.24, 2.45) is 5.92 Å². The maximum Gasteiger partial charge on any atom is 0.270 e. The number of amides is 1. The van der Waals surface area contributed by atoms with Gasteiger partial charge < -0.3 is 10.2 Å². The van der Waals surface area contributed by atoms with Crippen molar-refractivity contribution in [3.8, 4) is 0 Å². The van der Waals surface area contributed by atoms with E-state index in [2.05, 4.69) is 15.2 Å². The molecule has 1 aliphatic carbocycles. The lowest BCUT2D eigenvalue weighted by Crippen LogP contribution is -2.45. The molecule has 1 amide bonds. The molecule has 19 heavy (non-hydrogen) atoms. The Balaban J connectivity index is 1.45. The second-order valence-corrected chi connectivity index (χ2v) is 5.71. The molecular weight excluding hydrogens is 238 g/mol. The van der Waals surface area contributed by atoms with E-state index in [4.69, 9.17) is 0 Å². The summed E-state index contributed by atoms with van der Waals surface area (Å²) in [5, 5.41) is 3.10. The van der Waals surface area contributed by atoms with E-state index in [1.807, 2.05) is 12.1 Å². The normalized spacial score (nSPS) is 21.3. The first kappa shape index (κ1) is 12.6. The van der Waals surface area contributed by atoms with Crippen LogP contribution in [-0.2, 0) is 0 Å². The van der Waals surface area contributed by atoms with Crippen LogP contribution in [0.4, 0.5) is 0 Å². The Hall–Kier alpha value is -1.42. The average Bonchev–Trinajstić information content (AvgIpc) is 3.26. The minimum Gasteiger partial charge on any atom is -0.348 e. The van der Waals surface area contributed by atoms with Crippen LogP contribution in [0.5, 0.6) is 0 Å². The Morgan fingerprint density at radius 3 is 2.68 bits per heavy atom. The highest BCUT2D eigenvalue weighted by Crippen LogP contribution is 2.30. The van der Waals surface area contributed by atoms with E-state index >= 15 is 0 Å². The Kier molecular flexibility index (Phi) is 3.78. The van der Waals surface area contributed by atoms with Gasteiger partial charge in [-0.15, -0.1) is 0 Å². The minimum absolute atomic E-state index is 0.0405. The lowest BCUT2D eigenvalue weighted by Gasteiger charge is -2.32. The van der Waals surface area contributed by atoms with E-state index in [-0.39, 0.29) is 5.91 Å². The van der Waals surface area contributed by atoms with Gasteiger partial charge >= 0.3 is 0 Å². The molecule has 0 bridgehead atoms. The van der Waals surface area contributed by atoms with Crippen LogP contribution in [0.1, 0.15) is 36.2 Å². The third kappa shape index (κ3) is 3.53. The van der Waals surface area contributed by atoms with E-state index in [9.17, 15) is 4.79 Å². The number of nitrogens with one attached hydrogen (secondary N) is 1.